The topological polar surface area (TPSA) is 63.3 Å². The molecule has 0 aliphatic carbocycles. The average Bonchev–Trinajstić information content (AvgIpc) is 2.18. The van der Waals surface area contributed by atoms with Crippen molar-refractivity contribution in [3.8, 4) is 0 Å². The van der Waals surface area contributed by atoms with Crippen molar-refractivity contribution in [1.29, 1.82) is 0 Å². The van der Waals surface area contributed by atoms with Crippen LogP contribution in [0.25, 0.3) is 0 Å². The Labute approximate surface area is 97.8 Å². The third-order valence-electron chi connectivity index (χ3n) is 1.97. The second kappa shape index (κ2) is 4.50. The van der Waals surface area contributed by atoms with E-state index in [2.05, 4.69) is 0 Å². The Morgan fingerprint density at radius 3 is 2.35 bits per heavy atom. The van der Waals surface area contributed by atoms with Gasteiger partial charge in [-0.25, -0.2) is 4.39 Å². The first kappa shape index (κ1) is 13.7. The molecule has 1 rings (SSSR count). The van der Waals surface area contributed by atoms with E-state index in [4.69, 9.17) is 22.4 Å². The Morgan fingerprint density at radius 1 is 1.41 bits per heavy atom. The number of hydrogen-bond acceptors (Lipinski definition) is 2. The molecule has 0 spiro atoms. The zero-order chi connectivity index (χ0) is 13.4. The third-order valence-corrected chi connectivity index (χ3v) is 2.39. The van der Waals surface area contributed by atoms with Gasteiger partial charge >= 0.3 is 12.1 Å². The van der Waals surface area contributed by atoms with Crippen molar-refractivity contribution in [3.63, 3.8) is 0 Å². The fourth-order valence-corrected chi connectivity index (χ4v) is 1.51. The predicted molar refractivity (Wildman–Crippen MR) is 51.0 cm³/mol. The highest BCUT2D eigenvalue weighted by molar-refractivity contribution is 6.32. The van der Waals surface area contributed by atoms with Crippen LogP contribution >= 0.6 is 11.6 Å². The molecular weight excluding hydrogens is 266 g/mol. The van der Waals surface area contributed by atoms with Gasteiger partial charge in [0.2, 0.25) is 0 Å². The number of carbonyl (C=O) groups is 1. The molecule has 3 nitrogen and oxygen atoms in total. The Hall–Kier alpha value is -1.34. The Balaban J connectivity index is 3.44. The third kappa shape index (κ3) is 2.86. The smallest absolute Gasteiger partial charge is 0.417 e. The van der Waals surface area contributed by atoms with Crippen molar-refractivity contribution in [3.05, 3.63) is 34.1 Å². The number of benzene rings is 1. The number of carboxylic acid groups (broad SMARTS) is 1. The second-order valence-corrected chi connectivity index (χ2v) is 3.55. The molecule has 1 atom stereocenters. The summed E-state index contributed by atoms with van der Waals surface area (Å²) in [4.78, 5) is 10.5. The van der Waals surface area contributed by atoms with E-state index in [0.717, 1.165) is 0 Å². The monoisotopic (exact) mass is 271 g/mol. The lowest BCUT2D eigenvalue weighted by molar-refractivity contribution is -0.140. The molecule has 0 amide bonds. The summed E-state index contributed by atoms with van der Waals surface area (Å²) in [5, 5.41) is 7.65. The summed E-state index contributed by atoms with van der Waals surface area (Å²) >= 11 is 5.37. The molecule has 8 heteroatoms. The molecule has 0 heterocycles. The highest BCUT2D eigenvalue weighted by Gasteiger charge is 2.36. The van der Waals surface area contributed by atoms with Crippen LogP contribution in [0.3, 0.4) is 0 Å². The summed E-state index contributed by atoms with van der Waals surface area (Å²) in [7, 11) is 0. The minimum atomic E-state index is -4.88. The van der Waals surface area contributed by atoms with E-state index in [1.165, 1.54) is 0 Å². The van der Waals surface area contributed by atoms with Gasteiger partial charge in [-0.3, -0.25) is 4.79 Å². The molecule has 0 saturated carbocycles. The summed E-state index contributed by atoms with van der Waals surface area (Å²) in [6.07, 6.45) is -4.88. The van der Waals surface area contributed by atoms with E-state index in [0.29, 0.717) is 6.07 Å². The number of carboxylic acids is 1. The fourth-order valence-electron chi connectivity index (χ4n) is 1.18. The van der Waals surface area contributed by atoms with E-state index in [1.54, 1.807) is 0 Å². The number of aliphatic carboxylic acids is 1. The van der Waals surface area contributed by atoms with Crippen LogP contribution < -0.4 is 5.73 Å². The van der Waals surface area contributed by atoms with Crippen LogP contribution in [0.5, 0.6) is 0 Å². The highest BCUT2D eigenvalue weighted by atomic mass is 35.5. The molecule has 0 unspecified atom stereocenters. The van der Waals surface area contributed by atoms with Crippen molar-refractivity contribution in [2.75, 3.05) is 0 Å². The van der Waals surface area contributed by atoms with E-state index < -0.39 is 40.2 Å². The van der Waals surface area contributed by atoms with E-state index >= 15 is 0 Å². The van der Waals surface area contributed by atoms with Gasteiger partial charge in [0, 0.05) is 5.56 Å². The molecule has 0 aliphatic rings. The predicted octanol–water partition coefficient (Wildman–Crippen LogP) is 2.58. The fraction of sp³-hybridized carbons (Fsp3) is 0.222. The molecule has 0 fully saturated rings. The Kier molecular flexibility index (Phi) is 3.63. The Morgan fingerprint density at radius 2 is 1.94 bits per heavy atom. The van der Waals surface area contributed by atoms with Crippen LogP contribution in [0.4, 0.5) is 17.6 Å². The molecule has 0 saturated heterocycles. The Bertz CT molecular complexity index is 461. The van der Waals surface area contributed by atoms with Gasteiger partial charge in [0.1, 0.15) is 11.9 Å². The maximum Gasteiger partial charge on any atom is 0.417 e. The largest absolute Gasteiger partial charge is 0.480 e. The van der Waals surface area contributed by atoms with Gasteiger partial charge in [0.05, 0.1) is 10.6 Å². The molecule has 1 aromatic rings. The minimum Gasteiger partial charge on any atom is -0.480 e. The van der Waals surface area contributed by atoms with Crippen LogP contribution in [0.15, 0.2) is 12.1 Å². The van der Waals surface area contributed by atoms with Gasteiger partial charge in [-0.05, 0) is 12.1 Å². The second-order valence-electron chi connectivity index (χ2n) is 3.17. The molecular formula is C9H6ClF4NO2. The van der Waals surface area contributed by atoms with Crippen LogP contribution in [0.2, 0.25) is 5.02 Å². The van der Waals surface area contributed by atoms with Gasteiger partial charge in [0.15, 0.2) is 0 Å². The lowest BCUT2D eigenvalue weighted by Crippen LogP contribution is -2.22. The van der Waals surface area contributed by atoms with Crippen LogP contribution in [0.1, 0.15) is 17.2 Å². The minimum absolute atomic E-state index is 0.181. The van der Waals surface area contributed by atoms with Gasteiger partial charge in [-0.15, -0.1) is 0 Å². The van der Waals surface area contributed by atoms with E-state index in [1.807, 2.05) is 0 Å². The van der Waals surface area contributed by atoms with Crippen molar-refractivity contribution in [2.45, 2.75) is 12.2 Å². The molecule has 0 radical (unpaired) electrons. The molecule has 0 bridgehead atoms. The number of halogens is 5. The van der Waals surface area contributed by atoms with Gasteiger partial charge < -0.3 is 10.8 Å². The van der Waals surface area contributed by atoms with Gasteiger partial charge in [0.25, 0.3) is 0 Å². The molecule has 0 aliphatic heterocycles. The quantitative estimate of drug-likeness (QED) is 0.813. The SMILES string of the molecule is N[C@H](C(=O)O)c1cc(F)cc(C(F)(F)F)c1Cl. The van der Waals surface area contributed by atoms with E-state index in [-0.39, 0.29) is 6.07 Å². The summed E-state index contributed by atoms with van der Waals surface area (Å²) in [5.41, 5.74) is 3.03. The van der Waals surface area contributed by atoms with Crippen LogP contribution in [-0.2, 0) is 11.0 Å². The lowest BCUT2D eigenvalue weighted by atomic mass is 10.0. The van der Waals surface area contributed by atoms with Gasteiger partial charge in [-0.2, -0.15) is 13.2 Å². The zero-order valence-electron chi connectivity index (χ0n) is 8.05. The maximum absolute atomic E-state index is 13.0. The summed E-state index contributed by atoms with van der Waals surface area (Å²) < 4.78 is 50.3. The zero-order valence-corrected chi connectivity index (χ0v) is 8.81. The standard InChI is InChI=1S/C9H6ClF4NO2/c10-6-4(7(15)8(16)17)1-3(11)2-5(6)9(12,13)14/h1-2,7H,15H2,(H,16,17)/t7-/m0/s1. The maximum atomic E-state index is 13.0. The molecule has 17 heavy (non-hydrogen) atoms. The summed E-state index contributed by atoms with van der Waals surface area (Å²) in [5.74, 6) is -2.86. The number of alkyl halides is 3. The summed E-state index contributed by atoms with van der Waals surface area (Å²) in [6, 6.07) is -1.07. The van der Waals surface area contributed by atoms with Crippen molar-refractivity contribution in [1.82, 2.24) is 0 Å². The first-order chi connectivity index (χ1) is 7.64. The first-order valence-electron chi connectivity index (χ1n) is 4.19. The lowest BCUT2D eigenvalue weighted by Gasteiger charge is -2.15. The normalized spacial score (nSPS) is 13.5. The summed E-state index contributed by atoms with van der Waals surface area (Å²) in [6.45, 7) is 0. The van der Waals surface area contributed by atoms with E-state index in [9.17, 15) is 22.4 Å². The van der Waals surface area contributed by atoms with Crippen LogP contribution in [-0.4, -0.2) is 11.1 Å². The average molecular weight is 272 g/mol. The van der Waals surface area contributed by atoms with Crippen molar-refractivity contribution in [2.24, 2.45) is 5.73 Å². The number of rotatable bonds is 2. The molecule has 3 N–H and O–H groups in total. The molecule has 94 valence electrons. The van der Waals surface area contributed by atoms with Gasteiger partial charge in [-0.1, -0.05) is 11.6 Å². The first-order valence-corrected chi connectivity index (χ1v) is 4.57. The molecule has 1 aromatic carbocycles. The molecule has 0 aromatic heterocycles. The highest BCUT2D eigenvalue weighted by Crippen LogP contribution is 2.38. The number of nitrogens with two attached hydrogens (primary N) is 1. The van der Waals surface area contributed by atoms with Crippen LogP contribution in [0, 0.1) is 5.82 Å². The van der Waals surface area contributed by atoms with Crippen molar-refractivity contribution < 1.29 is 27.5 Å². The van der Waals surface area contributed by atoms with Crippen molar-refractivity contribution >= 4 is 17.6 Å². The number of hydrogen-bond donors (Lipinski definition) is 2.